The number of benzene rings is 1. The summed E-state index contributed by atoms with van der Waals surface area (Å²) in [5.74, 6) is 0.0790. The molecule has 2 aromatic rings. The van der Waals surface area contributed by atoms with Gasteiger partial charge in [-0.05, 0) is 31.2 Å². The summed E-state index contributed by atoms with van der Waals surface area (Å²) in [6, 6.07) is 9.96. The van der Waals surface area contributed by atoms with Crippen LogP contribution >= 0.6 is 0 Å². The average Bonchev–Trinajstić information content (AvgIpc) is 3.50. The average molecular weight is 385 g/mol. The van der Waals surface area contributed by atoms with Crippen LogP contribution in [-0.4, -0.2) is 48.5 Å². The molecule has 1 amide bonds. The van der Waals surface area contributed by atoms with E-state index in [2.05, 4.69) is 9.97 Å². The molecule has 1 aliphatic carbocycles. The third-order valence-electron chi connectivity index (χ3n) is 5.69. The molecule has 1 saturated carbocycles. The third-order valence-corrected chi connectivity index (χ3v) is 6.80. The fraction of sp³-hybridized carbons (Fsp3) is 0.450. The lowest BCUT2D eigenvalue weighted by Crippen LogP contribution is -2.44. The van der Waals surface area contributed by atoms with E-state index in [4.69, 9.17) is 0 Å². The van der Waals surface area contributed by atoms with Crippen LogP contribution in [0.3, 0.4) is 0 Å². The van der Waals surface area contributed by atoms with Crippen molar-refractivity contribution in [1.29, 1.82) is 0 Å². The number of sulfone groups is 1. The van der Waals surface area contributed by atoms with Gasteiger partial charge >= 0.3 is 0 Å². The zero-order valence-corrected chi connectivity index (χ0v) is 16.2. The molecule has 0 radical (unpaired) electrons. The minimum atomic E-state index is -3.41. The highest BCUT2D eigenvalue weighted by molar-refractivity contribution is 7.90. The minimum absolute atomic E-state index is 0.0815. The first-order valence-electron chi connectivity index (χ1n) is 9.27. The molecule has 1 aliphatic heterocycles. The molecular formula is C20H23N3O3S. The van der Waals surface area contributed by atoms with Crippen molar-refractivity contribution in [1.82, 2.24) is 14.9 Å². The van der Waals surface area contributed by atoms with Gasteiger partial charge in [-0.25, -0.2) is 18.4 Å². The second-order valence-corrected chi connectivity index (χ2v) is 9.57. The molecule has 7 heteroatoms. The Balaban J connectivity index is 1.59. The number of hydrogen-bond donors (Lipinski definition) is 0. The van der Waals surface area contributed by atoms with Gasteiger partial charge in [0.15, 0.2) is 9.84 Å². The highest BCUT2D eigenvalue weighted by atomic mass is 32.2. The van der Waals surface area contributed by atoms with Crippen molar-refractivity contribution >= 4 is 15.7 Å². The molecule has 1 aromatic heterocycles. The monoisotopic (exact) mass is 385 g/mol. The van der Waals surface area contributed by atoms with E-state index in [9.17, 15) is 13.2 Å². The standard InChI is InChI=1S/C20H23N3O3S/c1-27(25,26)17-12-21-14-22-18(17)15-6-5-11-23(13-15)19(24)20(9-10-20)16-7-3-2-4-8-16/h2-4,7-8,12,14-15H,5-6,9-11,13H2,1H3/t15-/m1/s1. The number of rotatable bonds is 4. The molecule has 27 heavy (non-hydrogen) atoms. The van der Waals surface area contributed by atoms with Gasteiger partial charge in [0.2, 0.25) is 5.91 Å². The van der Waals surface area contributed by atoms with Crippen molar-refractivity contribution in [2.24, 2.45) is 0 Å². The maximum atomic E-state index is 13.3. The molecule has 4 rings (SSSR count). The van der Waals surface area contributed by atoms with Gasteiger partial charge in [-0.15, -0.1) is 0 Å². The van der Waals surface area contributed by atoms with Crippen molar-refractivity contribution in [3.63, 3.8) is 0 Å². The van der Waals surface area contributed by atoms with E-state index < -0.39 is 15.3 Å². The molecular weight excluding hydrogens is 362 g/mol. The van der Waals surface area contributed by atoms with Gasteiger partial charge in [0, 0.05) is 31.5 Å². The summed E-state index contributed by atoms with van der Waals surface area (Å²) >= 11 is 0. The Morgan fingerprint density at radius 2 is 1.96 bits per heavy atom. The maximum absolute atomic E-state index is 13.3. The lowest BCUT2D eigenvalue weighted by molar-refractivity contribution is -0.135. The fourth-order valence-electron chi connectivity index (χ4n) is 4.11. The zero-order chi connectivity index (χ0) is 19.1. The molecule has 0 N–H and O–H groups in total. The Kier molecular flexibility index (Phi) is 4.50. The van der Waals surface area contributed by atoms with Gasteiger partial charge in [0.25, 0.3) is 0 Å². The number of hydrogen-bond acceptors (Lipinski definition) is 5. The summed E-state index contributed by atoms with van der Waals surface area (Å²) in [6.45, 7) is 1.22. The van der Waals surface area contributed by atoms with Crippen LogP contribution in [0.25, 0.3) is 0 Å². The van der Waals surface area contributed by atoms with E-state index in [0.717, 1.165) is 31.2 Å². The largest absolute Gasteiger partial charge is 0.341 e. The molecule has 0 spiro atoms. The number of amides is 1. The predicted molar refractivity (Wildman–Crippen MR) is 101 cm³/mol. The summed E-state index contributed by atoms with van der Waals surface area (Å²) in [5, 5.41) is 0. The number of nitrogens with zero attached hydrogens (tertiary/aromatic N) is 3. The van der Waals surface area contributed by atoms with E-state index in [1.54, 1.807) is 0 Å². The summed E-state index contributed by atoms with van der Waals surface area (Å²) < 4.78 is 24.2. The Morgan fingerprint density at radius 1 is 1.22 bits per heavy atom. The van der Waals surface area contributed by atoms with Crippen LogP contribution < -0.4 is 0 Å². The summed E-state index contributed by atoms with van der Waals surface area (Å²) in [4.78, 5) is 23.5. The molecule has 6 nitrogen and oxygen atoms in total. The molecule has 2 fully saturated rings. The first kappa shape index (κ1) is 18.1. The zero-order valence-electron chi connectivity index (χ0n) is 15.3. The Labute approximate surface area is 159 Å². The van der Waals surface area contributed by atoms with Crippen molar-refractivity contribution < 1.29 is 13.2 Å². The van der Waals surface area contributed by atoms with Crippen LogP contribution in [-0.2, 0) is 20.0 Å². The molecule has 1 saturated heterocycles. The summed E-state index contributed by atoms with van der Waals surface area (Å²) in [7, 11) is -3.41. The molecule has 2 aliphatic rings. The smallest absolute Gasteiger partial charge is 0.233 e. The SMILES string of the molecule is CS(=O)(=O)c1cncnc1[C@@H]1CCCN(C(=O)C2(c3ccccc3)CC2)C1. The van der Waals surface area contributed by atoms with Gasteiger partial charge in [-0.2, -0.15) is 0 Å². The highest BCUT2D eigenvalue weighted by Gasteiger charge is 2.53. The van der Waals surface area contributed by atoms with Crippen LogP contribution in [0, 0.1) is 0 Å². The molecule has 2 heterocycles. The van der Waals surface area contributed by atoms with Crippen LogP contribution in [0.1, 0.15) is 42.9 Å². The van der Waals surface area contributed by atoms with Crippen molar-refractivity contribution in [2.75, 3.05) is 19.3 Å². The number of likely N-dealkylation sites (tertiary alicyclic amines) is 1. The highest BCUT2D eigenvalue weighted by Crippen LogP contribution is 2.50. The first-order chi connectivity index (χ1) is 12.9. The van der Waals surface area contributed by atoms with Gasteiger partial charge in [0.1, 0.15) is 11.2 Å². The number of carbonyl (C=O) groups is 1. The van der Waals surface area contributed by atoms with Crippen molar-refractivity contribution in [3.05, 3.63) is 54.1 Å². The summed E-state index contributed by atoms with van der Waals surface area (Å²) in [5.41, 5.74) is 1.22. The molecule has 1 atom stereocenters. The van der Waals surface area contributed by atoms with Gasteiger partial charge < -0.3 is 4.90 Å². The van der Waals surface area contributed by atoms with Crippen LogP contribution in [0.15, 0.2) is 47.8 Å². The van der Waals surface area contributed by atoms with Crippen LogP contribution in [0.5, 0.6) is 0 Å². The Morgan fingerprint density at radius 3 is 2.63 bits per heavy atom. The van der Waals surface area contributed by atoms with Crippen molar-refractivity contribution in [2.45, 2.75) is 41.9 Å². The normalized spacial score (nSPS) is 21.7. The van der Waals surface area contributed by atoms with Crippen molar-refractivity contribution in [3.8, 4) is 0 Å². The van der Waals surface area contributed by atoms with E-state index in [1.807, 2.05) is 35.2 Å². The van der Waals surface area contributed by atoms with Gasteiger partial charge in [-0.3, -0.25) is 4.79 Å². The lowest BCUT2D eigenvalue weighted by atomic mass is 9.90. The number of aromatic nitrogens is 2. The van der Waals surface area contributed by atoms with E-state index >= 15 is 0 Å². The third kappa shape index (κ3) is 3.36. The Hall–Kier alpha value is -2.28. The minimum Gasteiger partial charge on any atom is -0.341 e. The van der Waals surface area contributed by atoms with Gasteiger partial charge in [0.05, 0.1) is 11.1 Å². The quantitative estimate of drug-likeness (QED) is 0.807. The Bertz CT molecular complexity index is 955. The molecule has 0 bridgehead atoms. The summed E-state index contributed by atoms with van der Waals surface area (Å²) in [6.07, 6.45) is 7.34. The number of piperidine rings is 1. The topological polar surface area (TPSA) is 80.2 Å². The van der Waals surface area contributed by atoms with E-state index in [0.29, 0.717) is 18.8 Å². The first-order valence-corrected chi connectivity index (χ1v) is 11.2. The lowest BCUT2D eigenvalue weighted by Gasteiger charge is -2.35. The number of carbonyl (C=O) groups excluding carboxylic acids is 1. The van der Waals surface area contributed by atoms with Crippen LogP contribution in [0.2, 0.25) is 0 Å². The fourth-order valence-corrected chi connectivity index (χ4v) is 4.97. The predicted octanol–water partition coefficient (Wildman–Crippen LogP) is 2.32. The van der Waals surface area contributed by atoms with E-state index in [-0.39, 0.29) is 16.7 Å². The molecule has 1 aromatic carbocycles. The van der Waals surface area contributed by atoms with E-state index in [1.165, 1.54) is 18.8 Å². The van der Waals surface area contributed by atoms with Crippen LogP contribution in [0.4, 0.5) is 0 Å². The molecule has 0 unspecified atom stereocenters. The van der Waals surface area contributed by atoms with Gasteiger partial charge in [-0.1, -0.05) is 30.3 Å². The maximum Gasteiger partial charge on any atom is 0.233 e. The second-order valence-electron chi connectivity index (χ2n) is 7.58. The molecule has 142 valence electrons. The second kappa shape index (κ2) is 6.71.